The highest BCUT2D eigenvalue weighted by Crippen LogP contribution is 2.18. The first-order valence-corrected chi connectivity index (χ1v) is 5.34. The zero-order chi connectivity index (χ0) is 13.1. The van der Waals surface area contributed by atoms with Crippen molar-refractivity contribution < 1.29 is 4.39 Å². The Kier molecular flexibility index (Phi) is 3.26. The van der Waals surface area contributed by atoms with E-state index in [-0.39, 0.29) is 5.82 Å². The summed E-state index contributed by atoms with van der Waals surface area (Å²) in [5, 5.41) is 13.2. The SMILES string of the molecule is Cc1nn(Cc2ccc(F)cc2)c(NN)c1C#N. The van der Waals surface area contributed by atoms with Gasteiger partial charge >= 0.3 is 0 Å². The summed E-state index contributed by atoms with van der Waals surface area (Å²) < 4.78 is 14.4. The lowest BCUT2D eigenvalue weighted by Gasteiger charge is -2.06. The van der Waals surface area contributed by atoms with E-state index in [0.717, 1.165) is 5.56 Å². The largest absolute Gasteiger partial charge is 0.308 e. The molecule has 18 heavy (non-hydrogen) atoms. The van der Waals surface area contributed by atoms with Gasteiger partial charge < -0.3 is 5.43 Å². The van der Waals surface area contributed by atoms with Gasteiger partial charge in [0.05, 0.1) is 12.2 Å². The van der Waals surface area contributed by atoms with Crippen LogP contribution in [-0.2, 0) is 6.54 Å². The van der Waals surface area contributed by atoms with E-state index in [4.69, 9.17) is 11.1 Å². The molecule has 0 aliphatic rings. The number of nitrogens with one attached hydrogen (secondary N) is 1. The number of nitrogens with two attached hydrogens (primary N) is 1. The van der Waals surface area contributed by atoms with Gasteiger partial charge in [-0.2, -0.15) is 10.4 Å². The summed E-state index contributed by atoms with van der Waals surface area (Å²) in [4.78, 5) is 0. The number of nitrogen functional groups attached to an aromatic ring is 1. The molecule has 92 valence electrons. The molecule has 0 aliphatic carbocycles. The number of aryl methyl sites for hydroxylation is 1. The van der Waals surface area contributed by atoms with Crippen molar-refractivity contribution in [1.82, 2.24) is 9.78 Å². The molecule has 0 spiro atoms. The van der Waals surface area contributed by atoms with E-state index in [2.05, 4.69) is 10.5 Å². The number of halogens is 1. The molecule has 0 saturated heterocycles. The topological polar surface area (TPSA) is 79.7 Å². The number of anilines is 1. The lowest BCUT2D eigenvalue weighted by molar-refractivity contribution is 0.624. The maximum absolute atomic E-state index is 12.8. The fourth-order valence-corrected chi connectivity index (χ4v) is 1.74. The molecule has 1 aromatic carbocycles. The standard InChI is InChI=1S/C12H12FN5/c1-8-11(6-14)12(16-15)18(17-8)7-9-2-4-10(13)5-3-9/h2-5,16H,7,15H2,1H3. The molecule has 0 unspecified atom stereocenters. The van der Waals surface area contributed by atoms with Crippen LogP contribution in [0.15, 0.2) is 24.3 Å². The van der Waals surface area contributed by atoms with E-state index in [9.17, 15) is 4.39 Å². The van der Waals surface area contributed by atoms with E-state index in [1.807, 2.05) is 6.07 Å². The third-order valence-corrected chi connectivity index (χ3v) is 2.62. The zero-order valence-electron chi connectivity index (χ0n) is 9.81. The molecule has 3 N–H and O–H groups in total. The molecule has 0 radical (unpaired) electrons. The molecule has 0 fully saturated rings. The summed E-state index contributed by atoms with van der Waals surface area (Å²) in [6.07, 6.45) is 0. The average Bonchev–Trinajstić information content (AvgIpc) is 2.67. The number of hydrogen-bond donors (Lipinski definition) is 2. The van der Waals surface area contributed by atoms with Crippen LogP contribution >= 0.6 is 0 Å². The van der Waals surface area contributed by atoms with Crippen LogP contribution in [0, 0.1) is 24.1 Å². The normalized spacial score (nSPS) is 10.1. The molecule has 5 nitrogen and oxygen atoms in total. The first-order valence-electron chi connectivity index (χ1n) is 5.34. The Labute approximate surface area is 104 Å². The number of nitriles is 1. The molecule has 0 amide bonds. The molecule has 0 bridgehead atoms. The quantitative estimate of drug-likeness (QED) is 0.635. The number of hydrazine groups is 1. The van der Waals surface area contributed by atoms with Gasteiger partial charge in [0.25, 0.3) is 0 Å². The van der Waals surface area contributed by atoms with Gasteiger partial charge in [0.15, 0.2) is 5.82 Å². The minimum Gasteiger partial charge on any atom is -0.308 e. The summed E-state index contributed by atoms with van der Waals surface area (Å²) in [6, 6.07) is 8.14. The Bertz CT molecular complexity index is 594. The molecule has 6 heteroatoms. The van der Waals surface area contributed by atoms with Crippen molar-refractivity contribution in [2.75, 3.05) is 5.43 Å². The fourth-order valence-electron chi connectivity index (χ4n) is 1.74. The first-order chi connectivity index (χ1) is 8.65. The second-order valence-electron chi connectivity index (χ2n) is 3.85. The number of hydrogen-bond acceptors (Lipinski definition) is 4. The van der Waals surface area contributed by atoms with E-state index < -0.39 is 0 Å². The average molecular weight is 245 g/mol. The molecule has 1 heterocycles. The van der Waals surface area contributed by atoms with E-state index in [0.29, 0.717) is 23.6 Å². The van der Waals surface area contributed by atoms with Crippen LogP contribution in [0.25, 0.3) is 0 Å². The van der Waals surface area contributed by atoms with Crippen LogP contribution in [0.3, 0.4) is 0 Å². The number of nitrogens with zero attached hydrogens (tertiary/aromatic N) is 3. The van der Waals surface area contributed by atoms with Crippen molar-refractivity contribution in [3.8, 4) is 6.07 Å². The smallest absolute Gasteiger partial charge is 0.157 e. The van der Waals surface area contributed by atoms with E-state index >= 15 is 0 Å². The first kappa shape index (κ1) is 12.1. The third kappa shape index (κ3) is 2.17. The van der Waals surface area contributed by atoms with Crippen LogP contribution in [0.2, 0.25) is 0 Å². The highest BCUT2D eigenvalue weighted by molar-refractivity contribution is 5.54. The summed E-state index contributed by atoms with van der Waals surface area (Å²) in [7, 11) is 0. The minimum atomic E-state index is -0.287. The summed E-state index contributed by atoms with van der Waals surface area (Å²) in [5.41, 5.74) is 4.37. The third-order valence-electron chi connectivity index (χ3n) is 2.62. The van der Waals surface area contributed by atoms with Crippen molar-refractivity contribution in [2.45, 2.75) is 13.5 Å². The van der Waals surface area contributed by atoms with Crippen LogP contribution in [0.1, 0.15) is 16.8 Å². The van der Waals surface area contributed by atoms with Crippen molar-refractivity contribution in [1.29, 1.82) is 5.26 Å². The molecular formula is C12H12FN5. The molecule has 0 saturated carbocycles. The Hall–Kier alpha value is -2.39. The minimum absolute atomic E-state index is 0.287. The van der Waals surface area contributed by atoms with Gasteiger partial charge in [0, 0.05) is 0 Å². The van der Waals surface area contributed by atoms with E-state index in [1.165, 1.54) is 12.1 Å². The van der Waals surface area contributed by atoms with E-state index in [1.54, 1.807) is 23.7 Å². The Morgan fingerprint density at radius 1 is 1.44 bits per heavy atom. The predicted octanol–water partition coefficient (Wildman–Crippen LogP) is 1.54. The summed E-state index contributed by atoms with van der Waals surface area (Å²) in [6.45, 7) is 2.16. The highest BCUT2D eigenvalue weighted by Gasteiger charge is 2.13. The van der Waals surface area contributed by atoms with Gasteiger partial charge in [-0.15, -0.1) is 0 Å². The maximum Gasteiger partial charge on any atom is 0.157 e. The molecule has 1 aromatic heterocycles. The van der Waals surface area contributed by atoms with Gasteiger partial charge in [-0.1, -0.05) is 12.1 Å². The molecule has 0 atom stereocenters. The van der Waals surface area contributed by atoms with Crippen molar-refractivity contribution in [2.24, 2.45) is 5.84 Å². The van der Waals surface area contributed by atoms with Crippen LogP contribution < -0.4 is 11.3 Å². The second kappa shape index (κ2) is 4.85. The van der Waals surface area contributed by atoms with Gasteiger partial charge in [-0.05, 0) is 24.6 Å². The Morgan fingerprint density at radius 3 is 2.67 bits per heavy atom. The lowest BCUT2D eigenvalue weighted by atomic mass is 10.2. The summed E-state index contributed by atoms with van der Waals surface area (Å²) >= 11 is 0. The molecular weight excluding hydrogens is 233 g/mol. The zero-order valence-corrected chi connectivity index (χ0v) is 9.81. The highest BCUT2D eigenvalue weighted by atomic mass is 19.1. The second-order valence-corrected chi connectivity index (χ2v) is 3.85. The predicted molar refractivity (Wildman–Crippen MR) is 65.0 cm³/mol. The van der Waals surface area contributed by atoms with Gasteiger partial charge in [-0.3, -0.25) is 0 Å². The monoisotopic (exact) mass is 245 g/mol. The Balaban J connectivity index is 2.35. The van der Waals surface area contributed by atoms with Crippen LogP contribution in [0.5, 0.6) is 0 Å². The van der Waals surface area contributed by atoms with Crippen molar-refractivity contribution in [3.05, 3.63) is 46.9 Å². The van der Waals surface area contributed by atoms with Crippen molar-refractivity contribution >= 4 is 5.82 Å². The van der Waals surface area contributed by atoms with Gasteiger partial charge in [-0.25, -0.2) is 14.9 Å². The number of rotatable bonds is 3. The van der Waals surface area contributed by atoms with Gasteiger partial charge in [0.2, 0.25) is 0 Å². The number of aromatic nitrogens is 2. The Morgan fingerprint density at radius 2 is 2.11 bits per heavy atom. The molecule has 2 rings (SSSR count). The fraction of sp³-hybridized carbons (Fsp3) is 0.167. The maximum atomic E-state index is 12.8. The molecule has 0 aliphatic heterocycles. The summed E-state index contributed by atoms with van der Waals surface area (Å²) in [5.74, 6) is 5.57. The van der Waals surface area contributed by atoms with Crippen LogP contribution in [-0.4, -0.2) is 9.78 Å². The van der Waals surface area contributed by atoms with Crippen molar-refractivity contribution in [3.63, 3.8) is 0 Å². The molecule has 2 aromatic rings. The lowest BCUT2D eigenvalue weighted by Crippen LogP contribution is -2.14. The van der Waals surface area contributed by atoms with Gasteiger partial charge in [0.1, 0.15) is 17.4 Å². The van der Waals surface area contributed by atoms with Crippen LogP contribution in [0.4, 0.5) is 10.2 Å². The number of benzene rings is 1.